The Kier molecular flexibility index (Phi) is 31.6. The molecular formula is C60H111NO6. The van der Waals surface area contributed by atoms with E-state index >= 15 is 0 Å². The first kappa shape index (κ1) is 59.7. The summed E-state index contributed by atoms with van der Waals surface area (Å²) in [5.74, 6) is 2.31. The molecule has 0 spiro atoms. The van der Waals surface area contributed by atoms with Gasteiger partial charge in [0.25, 0.3) is 0 Å². The first-order valence-corrected chi connectivity index (χ1v) is 29.8. The molecule has 0 aromatic heterocycles. The third kappa shape index (κ3) is 24.9. The molecule has 4 aliphatic carbocycles. The van der Waals surface area contributed by atoms with E-state index in [1.165, 1.54) is 161 Å². The summed E-state index contributed by atoms with van der Waals surface area (Å²) < 4.78 is 17.7. The lowest BCUT2D eigenvalue weighted by Gasteiger charge is -2.56. The Morgan fingerprint density at radius 2 is 0.791 bits per heavy atom. The zero-order chi connectivity index (χ0) is 48.5. The summed E-state index contributed by atoms with van der Waals surface area (Å²) in [4.78, 5) is 41.0. The second-order valence-corrected chi connectivity index (χ2v) is 23.1. The van der Waals surface area contributed by atoms with Gasteiger partial charge in [-0.3, -0.25) is 14.4 Å². The Balaban J connectivity index is 1.51. The summed E-state index contributed by atoms with van der Waals surface area (Å²) >= 11 is 0. The van der Waals surface area contributed by atoms with Gasteiger partial charge in [-0.1, -0.05) is 170 Å². The summed E-state index contributed by atoms with van der Waals surface area (Å²) in [5, 5.41) is 0. The number of ether oxygens (including phenoxy) is 3. The van der Waals surface area contributed by atoms with Gasteiger partial charge in [0.05, 0.1) is 19.8 Å². The van der Waals surface area contributed by atoms with Crippen LogP contribution in [0.2, 0.25) is 0 Å². The third-order valence-corrected chi connectivity index (χ3v) is 17.3. The number of hydrogen-bond donors (Lipinski definition) is 0. The normalized spacial score (nSPS) is 23.1. The van der Waals surface area contributed by atoms with Gasteiger partial charge in [-0.25, -0.2) is 0 Å². The molecule has 4 aliphatic rings. The second-order valence-electron chi connectivity index (χ2n) is 23.1. The van der Waals surface area contributed by atoms with E-state index in [9.17, 15) is 14.4 Å². The van der Waals surface area contributed by atoms with Crippen molar-refractivity contribution in [1.29, 1.82) is 0 Å². The molecule has 0 aromatic rings. The monoisotopic (exact) mass is 942 g/mol. The zero-order valence-electron chi connectivity index (χ0n) is 45.4. The summed E-state index contributed by atoms with van der Waals surface area (Å²) in [5.41, 5.74) is 0.879. The number of rotatable bonds is 44. The third-order valence-electron chi connectivity index (χ3n) is 17.3. The van der Waals surface area contributed by atoms with Crippen molar-refractivity contribution in [3.63, 3.8) is 0 Å². The van der Waals surface area contributed by atoms with Gasteiger partial charge in [-0.15, -0.1) is 0 Å². The lowest BCUT2D eigenvalue weighted by Crippen LogP contribution is -2.45. The van der Waals surface area contributed by atoms with Gasteiger partial charge in [0.1, 0.15) is 0 Å². The van der Waals surface area contributed by atoms with Gasteiger partial charge in [0.15, 0.2) is 0 Å². The molecule has 4 rings (SSSR count). The fourth-order valence-corrected chi connectivity index (χ4v) is 13.9. The second kappa shape index (κ2) is 35.5. The molecule has 4 fully saturated rings. The van der Waals surface area contributed by atoms with E-state index in [2.05, 4.69) is 46.4 Å². The Hall–Kier alpha value is -1.63. The van der Waals surface area contributed by atoms with Crippen LogP contribution in [-0.2, 0) is 28.6 Å². The van der Waals surface area contributed by atoms with Crippen molar-refractivity contribution in [2.45, 2.75) is 292 Å². The van der Waals surface area contributed by atoms with Crippen molar-refractivity contribution in [2.24, 2.45) is 34.0 Å². The average Bonchev–Trinajstić information content (AvgIpc) is 3.49. The van der Waals surface area contributed by atoms with E-state index < -0.39 is 0 Å². The number of unbranched alkanes of at least 4 members (excludes halogenated alkanes) is 10. The van der Waals surface area contributed by atoms with Crippen molar-refractivity contribution in [3.05, 3.63) is 0 Å². The number of fused-ring (bicyclic) bond motifs is 1. The molecule has 6 atom stereocenters. The quantitative estimate of drug-likeness (QED) is 0.0342. The lowest BCUT2D eigenvalue weighted by molar-refractivity contribution is -0.145. The molecule has 7 heteroatoms. The number of esters is 3. The molecule has 0 saturated heterocycles. The molecule has 0 heterocycles. The Bertz CT molecular complexity index is 1280. The summed E-state index contributed by atoms with van der Waals surface area (Å²) in [6, 6.07) is 0. The van der Waals surface area contributed by atoms with E-state index in [1.54, 1.807) is 0 Å². The van der Waals surface area contributed by atoms with Crippen LogP contribution in [0.25, 0.3) is 0 Å². The van der Waals surface area contributed by atoms with Gasteiger partial charge in [-0.2, -0.15) is 0 Å². The molecule has 0 aliphatic heterocycles. The van der Waals surface area contributed by atoms with Crippen LogP contribution < -0.4 is 0 Å². The van der Waals surface area contributed by atoms with Crippen LogP contribution in [0.1, 0.15) is 292 Å². The van der Waals surface area contributed by atoms with Crippen molar-refractivity contribution in [1.82, 2.24) is 4.90 Å². The highest BCUT2D eigenvalue weighted by atomic mass is 16.5. The van der Waals surface area contributed by atoms with Crippen molar-refractivity contribution in [3.8, 4) is 0 Å². The van der Waals surface area contributed by atoms with Gasteiger partial charge in [0.2, 0.25) is 0 Å². The van der Waals surface area contributed by atoms with Crippen LogP contribution in [0.5, 0.6) is 0 Å². The van der Waals surface area contributed by atoms with E-state index in [1.807, 2.05) is 0 Å². The average molecular weight is 943 g/mol. The molecule has 0 N–H and O–H groups in total. The molecule has 0 amide bonds. The smallest absolute Gasteiger partial charge is 0.305 e. The standard InChI is InChI=1S/C60H111NO6/c1-7-13-17-19-31-52(29-15-9-3)33-21-23-35-55(62)65-44-26-38-58-41-42-59(39-27-45-67-57(64)37-25-43-61(11-5)12-6)48-54(47-58)49-60(50-58,51-59)40-28-46-66-56(63)36-24-22-34-53(30-16-10-4)32-20-18-14-8-2/h52-54H,7-51H2,1-6H3. The fourth-order valence-electron chi connectivity index (χ4n) is 13.9. The van der Waals surface area contributed by atoms with Crippen molar-refractivity contribution >= 4 is 17.9 Å². The van der Waals surface area contributed by atoms with Gasteiger partial charge >= 0.3 is 17.9 Å². The van der Waals surface area contributed by atoms with Gasteiger partial charge in [0, 0.05) is 19.3 Å². The first-order valence-electron chi connectivity index (χ1n) is 29.8. The van der Waals surface area contributed by atoms with Crippen LogP contribution in [0.15, 0.2) is 0 Å². The number of carbonyl (C=O) groups is 3. The topological polar surface area (TPSA) is 82.1 Å². The lowest BCUT2D eigenvalue weighted by atomic mass is 9.49. The van der Waals surface area contributed by atoms with Crippen LogP contribution in [0.4, 0.5) is 0 Å². The Labute approximate surface area is 415 Å². The molecule has 6 unspecified atom stereocenters. The maximum Gasteiger partial charge on any atom is 0.305 e. The highest BCUT2D eigenvalue weighted by Gasteiger charge is 2.58. The molecule has 0 aromatic carbocycles. The van der Waals surface area contributed by atoms with Crippen LogP contribution >= 0.6 is 0 Å². The van der Waals surface area contributed by atoms with Crippen LogP contribution in [-0.4, -0.2) is 62.3 Å². The number of nitrogens with zero attached hydrogens (tertiary/aromatic N) is 1. The highest BCUT2D eigenvalue weighted by Crippen LogP contribution is 2.69. The largest absolute Gasteiger partial charge is 0.466 e. The number of hydrogen-bond acceptors (Lipinski definition) is 7. The van der Waals surface area contributed by atoms with E-state index in [0.29, 0.717) is 49.9 Å². The first-order chi connectivity index (χ1) is 32.6. The van der Waals surface area contributed by atoms with Gasteiger partial charge < -0.3 is 19.1 Å². The maximum atomic E-state index is 13.0. The van der Waals surface area contributed by atoms with Crippen molar-refractivity contribution in [2.75, 3.05) is 39.5 Å². The summed E-state index contributed by atoms with van der Waals surface area (Å²) in [6.45, 7) is 18.2. The number of carbonyl (C=O) groups excluding carboxylic acids is 3. The maximum absolute atomic E-state index is 13.0. The summed E-state index contributed by atoms with van der Waals surface area (Å²) in [7, 11) is 0. The van der Waals surface area contributed by atoms with E-state index in [4.69, 9.17) is 14.2 Å². The molecule has 7 nitrogen and oxygen atoms in total. The van der Waals surface area contributed by atoms with Crippen LogP contribution in [0, 0.1) is 34.0 Å². The molecule has 4 bridgehead atoms. The van der Waals surface area contributed by atoms with Gasteiger partial charge in [-0.05, 0) is 156 Å². The summed E-state index contributed by atoms with van der Waals surface area (Å²) in [6.07, 6.45) is 45.7. The van der Waals surface area contributed by atoms with E-state index in [0.717, 1.165) is 108 Å². The zero-order valence-corrected chi connectivity index (χ0v) is 45.4. The van der Waals surface area contributed by atoms with E-state index in [-0.39, 0.29) is 23.3 Å². The fraction of sp³-hybridized carbons (Fsp3) is 0.950. The van der Waals surface area contributed by atoms with Crippen molar-refractivity contribution < 1.29 is 28.6 Å². The molecule has 67 heavy (non-hydrogen) atoms. The minimum absolute atomic E-state index is 0.00117. The molecule has 0 radical (unpaired) electrons. The molecule has 4 saturated carbocycles. The minimum atomic E-state index is -0.0434. The minimum Gasteiger partial charge on any atom is -0.466 e. The highest BCUT2D eigenvalue weighted by molar-refractivity contribution is 5.69. The Morgan fingerprint density at radius 3 is 1.19 bits per heavy atom. The molecule has 392 valence electrons. The molecular weight excluding hydrogens is 831 g/mol. The Morgan fingerprint density at radius 1 is 0.433 bits per heavy atom. The predicted octanol–water partition coefficient (Wildman–Crippen LogP) is 17.1. The van der Waals surface area contributed by atoms with Crippen LogP contribution in [0.3, 0.4) is 0 Å². The predicted molar refractivity (Wildman–Crippen MR) is 281 cm³/mol. The SMILES string of the molecule is CCCCCCC(CCCC)CCCCC(=O)OCCCC12CCC3(CCCOC(=O)CCCN(CC)CC)CC(C1)CC(CCCOC(=O)CCCCC(CCCC)CCCCCC)(C2)C3.